The smallest absolute Gasteiger partial charge is 0.0113 e. The highest BCUT2D eigenvalue weighted by Gasteiger charge is 2.27. The average molecular weight is 281 g/mol. The maximum absolute atomic E-state index is 3.51. The zero-order valence-electron chi connectivity index (χ0n) is 13.7. The molecule has 1 heterocycles. The van der Waals surface area contributed by atoms with Crippen molar-refractivity contribution in [3.05, 3.63) is 0 Å². The average Bonchev–Trinajstić information content (AvgIpc) is 3.01. The molecule has 118 valence electrons. The Kier molecular flexibility index (Phi) is 7.32. The summed E-state index contributed by atoms with van der Waals surface area (Å²) < 4.78 is 0. The Morgan fingerprint density at radius 2 is 1.75 bits per heavy atom. The van der Waals surface area contributed by atoms with Crippen LogP contribution < -0.4 is 5.32 Å². The van der Waals surface area contributed by atoms with Crippen molar-refractivity contribution < 1.29 is 0 Å². The summed E-state index contributed by atoms with van der Waals surface area (Å²) >= 11 is 0. The van der Waals surface area contributed by atoms with Gasteiger partial charge in [0, 0.05) is 38.3 Å². The van der Waals surface area contributed by atoms with Crippen molar-refractivity contribution >= 4 is 0 Å². The molecule has 1 aliphatic carbocycles. The van der Waals surface area contributed by atoms with Crippen LogP contribution in [0.3, 0.4) is 0 Å². The van der Waals surface area contributed by atoms with Gasteiger partial charge in [0.25, 0.3) is 0 Å². The van der Waals surface area contributed by atoms with Gasteiger partial charge in [-0.25, -0.2) is 0 Å². The van der Waals surface area contributed by atoms with Crippen LogP contribution in [0.5, 0.6) is 0 Å². The number of hydrogen-bond donors (Lipinski definition) is 1. The molecule has 1 saturated heterocycles. The first kappa shape index (κ1) is 16.3. The van der Waals surface area contributed by atoms with Crippen LogP contribution >= 0.6 is 0 Å². The molecule has 2 fully saturated rings. The van der Waals surface area contributed by atoms with Gasteiger partial charge in [-0.15, -0.1) is 0 Å². The zero-order valence-corrected chi connectivity index (χ0v) is 13.7. The highest BCUT2D eigenvalue weighted by molar-refractivity contribution is 4.83. The molecule has 0 amide bonds. The van der Waals surface area contributed by atoms with Crippen LogP contribution in [0.15, 0.2) is 0 Å². The first-order chi connectivity index (χ1) is 9.81. The maximum atomic E-state index is 3.51. The molecule has 0 bridgehead atoms. The van der Waals surface area contributed by atoms with Crippen LogP contribution in [0, 0.1) is 0 Å². The van der Waals surface area contributed by atoms with E-state index in [1.165, 1.54) is 84.2 Å². The van der Waals surface area contributed by atoms with Gasteiger partial charge < -0.3 is 5.32 Å². The van der Waals surface area contributed by atoms with Crippen molar-refractivity contribution in [1.29, 1.82) is 0 Å². The Labute approximate surface area is 126 Å². The lowest BCUT2D eigenvalue weighted by molar-refractivity contribution is 0.0722. The number of rotatable bonds is 8. The highest BCUT2D eigenvalue weighted by atomic mass is 15.3. The van der Waals surface area contributed by atoms with E-state index in [1.54, 1.807) is 0 Å². The van der Waals surface area contributed by atoms with E-state index >= 15 is 0 Å². The predicted octanol–water partition coefficient (Wildman–Crippen LogP) is 2.71. The van der Waals surface area contributed by atoms with E-state index in [0.717, 1.165) is 12.1 Å². The second-order valence-corrected chi connectivity index (χ2v) is 6.75. The number of nitrogens with zero attached hydrogens (tertiary/aromatic N) is 2. The Balaban J connectivity index is 1.57. The van der Waals surface area contributed by atoms with Crippen LogP contribution in [0.4, 0.5) is 0 Å². The van der Waals surface area contributed by atoms with Crippen LogP contribution in [0.25, 0.3) is 0 Å². The third-order valence-corrected chi connectivity index (χ3v) is 5.22. The van der Waals surface area contributed by atoms with Gasteiger partial charge >= 0.3 is 0 Å². The minimum absolute atomic E-state index is 0.768. The third-order valence-electron chi connectivity index (χ3n) is 5.22. The molecule has 1 saturated carbocycles. The Bertz CT molecular complexity index is 243. The number of hydrogen-bond acceptors (Lipinski definition) is 3. The van der Waals surface area contributed by atoms with Crippen LogP contribution in [-0.4, -0.2) is 61.2 Å². The first-order valence-corrected chi connectivity index (χ1v) is 9.00. The summed E-state index contributed by atoms with van der Waals surface area (Å²) in [6, 6.07) is 1.69. The van der Waals surface area contributed by atoms with Gasteiger partial charge in [-0.2, -0.15) is 0 Å². The summed E-state index contributed by atoms with van der Waals surface area (Å²) in [5.74, 6) is 0. The predicted molar refractivity (Wildman–Crippen MR) is 87.3 cm³/mol. The minimum Gasteiger partial charge on any atom is -0.317 e. The van der Waals surface area contributed by atoms with Crippen molar-refractivity contribution in [3.8, 4) is 0 Å². The maximum Gasteiger partial charge on any atom is 0.0113 e. The molecule has 0 aromatic carbocycles. The van der Waals surface area contributed by atoms with Gasteiger partial charge in [0.15, 0.2) is 0 Å². The standard InChI is InChI=1S/C17H35N3/c1-3-10-18-11-6-7-16(2)19-12-14-20(15-13-19)17-8-4-5-9-17/h16-18H,3-15H2,1-2H3. The lowest BCUT2D eigenvalue weighted by atomic mass is 10.1. The quantitative estimate of drug-likeness (QED) is 0.690. The van der Waals surface area contributed by atoms with Crippen molar-refractivity contribution in [1.82, 2.24) is 15.1 Å². The molecule has 1 atom stereocenters. The topological polar surface area (TPSA) is 18.5 Å². The van der Waals surface area contributed by atoms with E-state index in [4.69, 9.17) is 0 Å². The Morgan fingerprint density at radius 1 is 1.05 bits per heavy atom. The van der Waals surface area contributed by atoms with Crippen LogP contribution in [-0.2, 0) is 0 Å². The van der Waals surface area contributed by atoms with Gasteiger partial charge in [0.2, 0.25) is 0 Å². The Morgan fingerprint density at radius 3 is 2.40 bits per heavy atom. The van der Waals surface area contributed by atoms with E-state index in [-0.39, 0.29) is 0 Å². The van der Waals surface area contributed by atoms with E-state index in [9.17, 15) is 0 Å². The van der Waals surface area contributed by atoms with Gasteiger partial charge in [-0.3, -0.25) is 9.80 Å². The molecule has 0 radical (unpaired) electrons. The lowest BCUT2D eigenvalue weighted by Gasteiger charge is -2.40. The summed E-state index contributed by atoms with van der Waals surface area (Å²) in [6.07, 6.45) is 9.76. The molecule has 1 aliphatic heterocycles. The molecule has 3 heteroatoms. The molecule has 1 unspecified atom stereocenters. The second kappa shape index (κ2) is 9.01. The van der Waals surface area contributed by atoms with Crippen molar-refractivity contribution in [2.75, 3.05) is 39.3 Å². The van der Waals surface area contributed by atoms with Crippen molar-refractivity contribution in [2.24, 2.45) is 0 Å². The molecule has 3 nitrogen and oxygen atoms in total. The summed E-state index contributed by atoms with van der Waals surface area (Å²) in [4.78, 5) is 5.48. The summed E-state index contributed by atoms with van der Waals surface area (Å²) in [7, 11) is 0. The molecular weight excluding hydrogens is 246 g/mol. The highest BCUT2D eigenvalue weighted by Crippen LogP contribution is 2.24. The van der Waals surface area contributed by atoms with E-state index in [0.29, 0.717) is 0 Å². The zero-order chi connectivity index (χ0) is 14.2. The SMILES string of the molecule is CCCNCCCC(C)N1CCN(C2CCCC2)CC1. The van der Waals surface area contributed by atoms with Gasteiger partial charge in [-0.05, 0) is 52.1 Å². The summed E-state index contributed by atoms with van der Waals surface area (Å²) in [5.41, 5.74) is 0. The minimum atomic E-state index is 0.768. The van der Waals surface area contributed by atoms with Crippen molar-refractivity contribution in [2.45, 2.75) is 70.9 Å². The van der Waals surface area contributed by atoms with Crippen LogP contribution in [0.1, 0.15) is 58.8 Å². The normalized spacial score (nSPS) is 24.3. The largest absolute Gasteiger partial charge is 0.317 e. The molecule has 0 aromatic rings. The number of piperazine rings is 1. The van der Waals surface area contributed by atoms with Crippen molar-refractivity contribution in [3.63, 3.8) is 0 Å². The summed E-state index contributed by atoms with van der Waals surface area (Å²) in [6.45, 7) is 12.2. The molecular formula is C17H35N3. The van der Waals surface area contributed by atoms with E-state index in [2.05, 4.69) is 29.0 Å². The monoisotopic (exact) mass is 281 g/mol. The molecule has 2 rings (SSSR count). The third kappa shape index (κ3) is 5.01. The molecule has 2 aliphatic rings. The fourth-order valence-electron chi connectivity index (χ4n) is 3.82. The summed E-state index contributed by atoms with van der Waals surface area (Å²) in [5, 5.41) is 3.51. The Hall–Kier alpha value is -0.120. The molecule has 0 spiro atoms. The first-order valence-electron chi connectivity index (χ1n) is 9.00. The van der Waals surface area contributed by atoms with Gasteiger partial charge in [0.1, 0.15) is 0 Å². The van der Waals surface area contributed by atoms with Gasteiger partial charge in [-0.1, -0.05) is 19.8 Å². The van der Waals surface area contributed by atoms with E-state index in [1.807, 2.05) is 0 Å². The fraction of sp³-hybridized carbons (Fsp3) is 1.00. The molecule has 1 N–H and O–H groups in total. The van der Waals surface area contributed by atoms with Gasteiger partial charge in [0.05, 0.1) is 0 Å². The molecule has 0 aromatic heterocycles. The number of nitrogens with one attached hydrogen (secondary N) is 1. The van der Waals surface area contributed by atoms with Crippen LogP contribution in [0.2, 0.25) is 0 Å². The lowest BCUT2D eigenvalue weighted by Crippen LogP contribution is -2.52. The molecule has 20 heavy (non-hydrogen) atoms. The fourth-order valence-corrected chi connectivity index (χ4v) is 3.82. The second-order valence-electron chi connectivity index (χ2n) is 6.75. The van der Waals surface area contributed by atoms with E-state index < -0.39 is 0 Å².